The Morgan fingerprint density at radius 3 is 2.59 bits per heavy atom. The summed E-state index contributed by atoms with van der Waals surface area (Å²) in [6, 6.07) is 19.9. The summed E-state index contributed by atoms with van der Waals surface area (Å²) in [6.45, 7) is 3.72. The van der Waals surface area contributed by atoms with E-state index >= 15 is 0 Å². The van der Waals surface area contributed by atoms with Crippen LogP contribution in [-0.4, -0.2) is 35.7 Å². The standard InChI is InChI=1S/C31H25IN2O6S/c1-4-39-31(37)26-27(35)25(41-30(26)34-29(36)22-12-8-5-9-18(22)2)15-19-13-23(32)28(24(14-19)38-3)40-17-21-11-7-6-10-20(21)16-33/h5-15,35H,4,17H2,1-3H3/b25-15-,34-30?. The molecule has 0 aliphatic carbocycles. The molecule has 0 saturated carbocycles. The molecule has 0 aromatic heterocycles. The zero-order valence-electron chi connectivity index (χ0n) is 22.4. The van der Waals surface area contributed by atoms with Gasteiger partial charge < -0.3 is 19.3 Å². The number of thioether (sulfide) groups is 1. The maximum atomic E-state index is 13.0. The fourth-order valence-electron chi connectivity index (χ4n) is 3.98. The number of nitrogens with zero attached hydrogens (tertiary/aromatic N) is 2. The summed E-state index contributed by atoms with van der Waals surface area (Å²) in [5, 5.41) is 20.5. The lowest BCUT2D eigenvalue weighted by Crippen LogP contribution is -2.14. The number of aliphatic hydroxyl groups is 1. The normalized spacial score (nSPS) is 14.7. The van der Waals surface area contributed by atoms with Crippen molar-refractivity contribution in [2.24, 2.45) is 4.99 Å². The van der Waals surface area contributed by atoms with Crippen LogP contribution in [0, 0.1) is 21.8 Å². The lowest BCUT2D eigenvalue weighted by atomic mass is 10.1. The van der Waals surface area contributed by atoms with Crippen LogP contribution in [0.4, 0.5) is 0 Å². The Labute approximate surface area is 255 Å². The molecule has 0 spiro atoms. The highest BCUT2D eigenvalue weighted by Gasteiger charge is 2.34. The van der Waals surface area contributed by atoms with Gasteiger partial charge in [0.15, 0.2) is 11.5 Å². The number of methoxy groups -OCH3 is 1. The molecule has 8 nitrogen and oxygen atoms in total. The van der Waals surface area contributed by atoms with Gasteiger partial charge in [-0.25, -0.2) is 9.79 Å². The number of amides is 1. The molecule has 208 valence electrons. The van der Waals surface area contributed by atoms with Gasteiger partial charge in [0.1, 0.15) is 23.0 Å². The predicted octanol–water partition coefficient (Wildman–Crippen LogP) is 6.76. The van der Waals surface area contributed by atoms with Crippen LogP contribution in [0.1, 0.15) is 39.5 Å². The molecule has 1 aliphatic heterocycles. The van der Waals surface area contributed by atoms with Crippen LogP contribution in [0.15, 0.2) is 81.9 Å². The van der Waals surface area contributed by atoms with E-state index in [9.17, 15) is 20.0 Å². The number of rotatable bonds is 8. The Bertz CT molecular complexity index is 1650. The molecule has 10 heteroatoms. The first-order valence-electron chi connectivity index (χ1n) is 12.4. The molecule has 0 bridgehead atoms. The molecule has 0 atom stereocenters. The van der Waals surface area contributed by atoms with Crippen molar-refractivity contribution < 1.29 is 28.9 Å². The number of hydrogen-bond donors (Lipinski definition) is 1. The van der Waals surface area contributed by atoms with Crippen LogP contribution in [0.25, 0.3) is 6.08 Å². The minimum Gasteiger partial charge on any atom is -0.506 e. The number of aliphatic imine (C=N–C) groups is 1. The topological polar surface area (TPSA) is 118 Å². The Morgan fingerprint density at radius 1 is 1.15 bits per heavy atom. The Balaban J connectivity index is 1.68. The van der Waals surface area contributed by atoms with Crippen molar-refractivity contribution >= 4 is 57.3 Å². The van der Waals surface area contributed by atoms with Crippen molar-refractivity contribution in [1.29, 1.82) is 5.26 Å². The first-order valence-corrected chi connectivity index (χ1v) is 14.3. The lowest BCUT2D eigenvalue weighted by Gasteiger charge is -2.14. The van der Waals surface area contributed by atoms with Crippen molar-refractivity contribution in [1.82, 2.24) is 0 Å². The van der Waals surface area contributed by atoms with Gasteiger partial charge in [0.25, 0.3) is 5.91 Å². The number of benzene rings is 3. The fraction of sp³-hybridized carbons (Fsp3) is 0.161. The molecular weight excluding hydrogens is 655 g/mol. The van der Waals surface area contributed by atoms with Gasteiger partial charge in [0.2, 0.25) is 0 Å². The molecule has 3 aromatic rings. The number of aliphatic hydroxyl groups excluding tert-OH is 1. The van der Waals surface area contributed by atoms with E-state index in [1.807, 2.05) is 24.3 Å². The van der Waals surface area contributed by atoms with E-state index in [0.717, 1.165) is 26.5 Å². The zero-order chi connectivity index (χ0) is 29.5. The van der Waals surface area contributed by atoms with Gasteiger partial charge >= 0.3 is 5.97 Å². The maximum absolute atomic E-state index is 13.0. The first-order chi connectivity index (χ1) is 19.8. The number of carbonyl (C=O) groups is 2. The first kappa shape index (κ1) is 29.9. The number of esters is 1. The van der Waals surface area contributed by atoms with Crippen LogP contribution in [-0.2, 0) is 16.1 Å². The van der Waals surface area contributed by atoms with Gasteiger partial charge in [-0.3, -0.25) is 4.79 Å². The van der Waals surface area contributed by atoms with E-state index in [4.69, 9.17) is 14.2 Å². The second-order valence-corrected chi connectivity index (χ2v) is 10.9. The highest BCUT2D eigenvalue weighted by Crippen LogP contribution is 2.41. The molecule has 1 heterocycles. The zero-order valence-corrected chi connectivity index (χ0v) is 25.4. The van der Waals surface area contributed by atoms with Crippen LogP contribution in [0.3, 0.4) is 0 Å². The van der Waals surface area contributed by atoms with Crippen molar-refractivity contribution in [3.63, 3.8) is 0 Å². The molecule has 0 radical (unpaired) electrons. The van der Waals surface area contributed by atoms with E-state index in [1.165, 1.54) is 7.11 Å². The lowest BCUT2D eigenvalue weighted by molar-refractivity contribution is -0.138. The molecule has 1 N–H and O–H groups in total. The third-order valence-electron chi connectivity index (χ3n) is 6.01. The van der Waals surface area contributed by atoms with Crippen molar-refractivity contribution in [2.45, 2.75) is 20.5 Å². The number of nitriles is 1. The van der Waals surface area contributed by atoms with E-state index in [-0.39, 0.29) is 29.6 Å². The molecule has 1 amide bonds. The second kappa shape index (κ2) is 13.5. The van der Waals surface area contributed by atoms with Gasteiger partial charge in [0, 0.05) is 11.1 Å². The average molecular weight is 681 g/mol. The number of aryl methyl sites for hydroxylation is 1. The Kier molecular flexibility index (Phi) is 9.86. The number of carbonyl (C=O) groups excluding carboxylic acids is 2. The quantitative estimate of drug-likeness (QED) is 0.205. The molecule has 41 heavy (non-hydrogen) atoms. The van der Waals surface area contributed by atoms with E-state index in [1.54, 1.807) is 56.3 Å². The van der Waals surface area contributed by atoms with E-state index < -0.39 is 11.9 Å². The molecular formula is C31H25IN2O6S. The summed E-state index contributed by atoms with van der Waals surface area (Å²) < 4.78 is 17.5. The second-order valence-electron chi connectivity index (χ2n) is 8.68. The van der Waals surface area contributed by atoms with Gasteiger partial charge in [-0.05, 0) is 77.9 Å². The molecule has 4 rings (SSSR count). The molecule has 3 aromatic carbocycles. The number of hydrogen-bond acceptors (Lipinski definition) is 8. The number of halogens is 1. The largest absolute Gasteiger partial charge is 0.506 e. The highest BCUT2D eigenvalue weighted by molar-refractivity contribution is 14.1. The van der Waals surface area contributed by atoms with Crippen LogP contribution >= 0.6 is 34.4 Å². The smallest absolute Gasteiger partial charge is 0.344 e. The van der Waals surface area contributed by atoms with Gasteiger partial charge in [-0.15, -0.1) is 0 Å². The van der Waals surface area contributed by atoms with Crippen LogP contribution < -0.4 is 9.47 Å². The molecule has 0 saturated heterocycles. The molecule has 0 unspecified atom stereocenters. The maximum Gasteiger partial charge on any atom is 0.344 e. The van der Waals surface area contributed by atoms with Gasteiger partial charge in [0.05, 0.1) is 33.8 Å². The number of ether oxygens (including phenoxy) is 3. The molecule has 0 fully saturated rings. The predicted molar refractivity (Wildman–Crippen MR) is 166 cm³/mol. The van der Waals surface area contributed by atoms with Gasteiger partial charge in [-0.1, -0.05) is 48.2 Å². The summed E-state index contributed by atoms with van der Waals surface area (Å²) in [6.07, 6.45) is 1.67. The average Bonchev–Trinajstić information content (AvgIpc) is 3.26. The van der Waals surface area contributed by atoms with Crippen LogP contribution in [0.2, 0.25) is 0 Å². The summed E-state index contributed by atoms with van der Waals surface area (Å²) in [4.78, 5) is 30.2. The summed E-state index contributed by atoms with van der Waals surface area (Å²) in [5.74, 6) is -0.686. The van der Waals surface area contributed by atoms with E-state index in [0.29, 0.717) is 33.1 Å². The SMILES string of the molecule is CCOC(=O)C1=C(O)/C(=C/c2cc(I)c(OCc3ccccc3C#N)c(OC)c2)SC1=NC(=O)c1ccccc1C. The Hall–Kier alpha value is -4.08. The third kappa shape index (κ3) is 6.81. The minimum absolute atomic E-state index is 0.0539. The summed E-state index contributed by atoms with van der Waals surface area (Å²) in [7, 11) is 1.51. The minimum atomic E-state index is -0.772. The van der Waals surface area contributed by atoms with Crippen molar-refractivity contribution in [2.75, 3.05) is 13.7 Å². The Morgan fingerprint density at radius 2 is 1.88 bits per heavy atom. The van der Waals surface area contributed by atoms with Crippen LogP contribution in [0.5, 0.6) is 11.5 Å². The highest BCUT2D eigenvalue weighted by atomic mass is 127. The van der Waals surface area contributed by atoms with E-state index in [2.05, 4.69) is 33.7 Å². The van der Waals surface area contributed by atoms with Crippen molar-refractivity contribution in [3.05, 3.63) is 108 Å². The van der Waals surface area contributed by atoms with Gasteiger partial charge in [-0.2, -0.15) is 5.26 Å². The monoisotopic (exact) mass is 680 g/mol. The third-order valence-corrected chi connectivity index (χ3v) is 7.83. The fourth-order valence-corrected chi connectivity index (χ4v) is 5.77. The summed E-state index contributed by atoms with van der Waals surface area (Å²) in [5.41, 5.74) is 2.90. The molecule has 1 aliphatic rings. The van der Waals surface area contributed by atoms with Crippen molar-refractivity contribution in [3.8, 4) is 17.6 Å². The summed E-state index contributed by atoms with van der Waals surface area (Å²) >= 11 is 3.12.